The Morgan fingerprint density at radius 2 is 2.00 bits per heavy atom. The lowest BCUT2D eigenvalue weighted by atomic mass is 9.99. The molecule has 1 heterocycles. The third kappa shape index (κ3) is 3.35. The van der Waals surface area contributed by atoms with Crippen molar-refractivity contribution in [2.75, 3.05) is 18.4 Å². The van der Waals surface area contributed by atoms with Crippen molar-refractivity contribution >= 4 is 50.7 Å². The standard InChI is InChI=1S/C11H11BrCl2N2O/c12-7-2-8(13)11(9(14)3-7)16-10(17)1-6-4-15-5-6/h2-3,6,15H,1,4-5H2,(H,16,17). The van der Waals surface area contributed by atoms with E-state index in [1.807, 2.05) is 0 Å². The minimum atomic E-state index is -0.0531. The van der Waals surface area contributed by atoms with E-state index in [9.17, 15) is 4.79 Å². The fourth-order valence-electron chi connectivity index (χ4n) is 1.61. The summed E-state index contributed by atoms with van der Waals surface area (Å²) < 4.78 is 0.786. The van der Waals surface area contributed by atoms with Gasteiger partial charge in [-0.3, -0.25) is 4.79 Å². The molecular weight excluding hydrogens is 327 g/mol. The van der Waals surface area contributed by atoms with E-state index in [4.69, 9.17) is 23.2 Å². The quantitative estimate of drug-likeness (QED) is 0.888. The molecule has 0 bridgehead atoms. The van der Waals surface area contributed by atoms with Gasteiger partial charge in [-0.2, -0.15) is 0 Å². The molecule has 1 saturated heterocycles. The van der Waals surface area contributed by atoms with Crippen LogP contribution < -0.4 is 10.6 Å². The zero-order chi connectivity index (χ0) is 12.4. The van der Waals surface area contributed by atoms with Crippen LogP contribution in [0.2, 0.25) is 10.0 Å². The second-order valence-corrected chi connectivity index (χ2v) is 5.75. The fourth-order valence-corrected chi connectivity index (χ4v) is 2.91. The molecule has 0 aliphatic carbocycles. The van der Waals surface area contributed by atoms with Gasteiger partial charge < -0.3 is 10.6 Å². The molecule has 1 fully saturated rings. The second kappa shape index (κ2) is 5.57. The molecule has 6 heteroatoms. The maximum absolute atomic E-state index is 11.7. The highest BCUT2D eigenvalue weighted by Gasteiger charge is 2.21. The summed E-state index contributed by atoms with van der Waals surface area (Å²) in [5.41, 5.74) is 0.480. The molecule has 0 unspecified atom stereocenters. The van der Waals surface area contributed by atoms with E-state index in [-0.39, 0.29) is 5.91 Å². The average molecular weight is 338 g/mol. The molecule has 0 radical (unpaired) electrons. The number of amides is 1. The van der Waals surface area contributed by atoms with Gasteiger partial charge in [-0.15, -0.1) is 0 Å². The Labute approximate surface area is 118 Å². The summed E-state index contributed by atoms with van der Waals surface area (Å²) in [5, 5.41) is 6.75. The van der Waals surface area contributed by atoms with Gasteiger partial charge >= 0.3 is 0 Å². The Morgan fingerprint density at radius 1 is 1.41 bits per heavy atom. The largest absolute Gasteiger partial charge is 0.324 e. The number of halogens is 3. The minimum Gasteiger partial charge on any atom is -0.324 e. The Hall–Kier alpha value is -0.290. The molecule has 3 nitrogen and oxygen atoms in total. The molecule has 0 spiro atoms. The Morgan fingerprint density at radius 3 is 2.47 bits per heavy atom. The Kier molecular flexibility index (Phi) is 4.31. The van der Waals surface area contributed by atoms with E-state index in [1.165, 1.54) is 0 Å². The van der Waals surface area contributed by atoms with E-state index in [0.717, 1.165) is 17.6 Å². The summed E-state index contributed by atoms with van der Waals surface area (Å²) in [4.78, 5) is 11.7. The van der Waals surface area contributed by atoms with Crippen LogP contribution in [0.4, 0.5) is 5.69 Å². The van der Waals surface area contributed by atoms with Crippen LogP contribution in [0, 0.1) is 5.92 Å². The van der Waals surface area contributed by atoms with Crippen molar-refractivity contribution in [1.82, 2.24) is 5.32 Å². The summed E-state index contributed by atoms with van der Waals surface area (Å²) in [6.07, 6.45) is 0.496. The maximum Gasteiger partial charge on any atom is 0.224 e. The van der Waals surface area contributed by atoms with Gasteiger partial charge in [0.25, 0.3) is 0 Å². The summed E-state index contributed by atoms with van der Waals surface area (Å²) in [5.74, 6) is 0.366. The van der Waals surface area contributed by atoms with Crippen LogP contribution in [0.5, 0.6) is 0 Å². The van der Waals surface area contributed by atoms with Gasteiger partial charge in [0, 0.05) is 10.9 Å². The second-order valence-electron chi connectivity index (χ2n) is 4.02. The predicted molar refractivity (Wildman–Crippen MR) is 73.8 cm³/mol. The molecule has 1 aromatic carbocycles. The first-order chi connectivity index (χ1) is 8.06. The first-order valence-electron chi connectivity index (χ1n) is 5.21. The molecule has 2 rings (SSSR count). The summed E-state index contributed by atoms with van der Waals surface area (Å²) in [7, 11) is 0. The number of hydrogen-bond acceptors (Lipinski definition) is 2. The van der Waals surface area contributed by atoms with Gasteiger partial charge in [0.05, 0.1) is 15.7 Å². The predicted octanol–water partition coefficient (Wildman–Crippen LogP) is 3.30. The molecule has 1 aliphatic rings. The number of benzene rings is 1. The Bertz CT molecular complexity index is 426. The summed E-state index contributed by atoms with van der Waals surface area (Å²) in [6.45, 7) is 1.80. The molecule has 1 aromatic rings. The zero-order valence-corrected chi connectivity index (χ0v) is 12.0. The van der Waals surface area contributed by atoms with Crippen LogP contribution in [0.25, 0.3) is 0 Å². The van der Waals surface area contributed by atoms with Crippen LogP contribution >= 0.6 is 39.1 Å². The van der Waals surface area contributed by atoms with Crippen LogP contribution in [0.15, 0.2) is 16.6 Å². The highest BCUT2D eigenvalue weighted by molar-refractivity contribution is 9.10. The van der Waals surface area contributed by atoms with Crippen LogP contribution in [0.1, 0.15) is 6.42 Å². The van der Waals surface area contributed by atoms with Crippen molar-refractivity contribution in [1.29, 1.82) is 0 Å². The van der Waals surface area contributed by atoms with E-state index in [0.29, 0.717) is 28.1 Å². The number of rotatable bonds is 3. The number of carbonyl (C=O) groups is 1. The molecule has 2 N–H and O–H groups in total. The van der Waals surface area contributed by atoms with Gasteiger partial charge in [0.15, 0.2) is 0 Å². The maximum atomic E-state index is 11.7. The summed E-state index contributed by atoms with van der Waals surface area (Å²) >= 11 is 15.3. The highest BCUT2D eigenvalue weighted by atomic mass is 79.9. The number of nitrogens with one attached hydrogen (secondary N) is 2. The first-order valence-corrected chi connectivity index (χ1v) is 6.76. The molecule has 1 aliphatic heterocycles. The van der Waals surface area contributed by atoms with Gasteiger partial charge in [0.1, 0.15) is 0 Å². The number of anilines is 1. The fraction of sp³-hybridized carbons (Fsp3) is 0.364. The van der Waals surface area contributed by atoms with Crippen molar-refractivity contribution in [3.8, 4) is 0 Å². The number of carbonyl (C=O) groups excluding carboxylic acids is 1. The van der Waals surface area contributed by atoms with E-state index in [1.54, 1.807) is 12.1 Å². The van der Waals surface area contributed by atoms with Gasteiger partial charge in [-0.25, -0.2) is 0 Å². The number of hydrogen-bond donors (Lipinski definition) is 2. The minimum absolute atomic E-state index is 0.0531. The van der Waals surface area contributed by atoms with Crippen molar-refractivity contribution in [3.63, 3.8) is 0 Å². The summed E-state index contributed by atoms with van der Waals surface area (Å²) in [6, 6.07) is 3.40. The highest BCUT2D eigenvalue weighted by Crippen LogP contribution is 2.34. The van der Waals surface area contributed by atoms with E-state index in [2.05, 4.69) is 26.6 Å². The van der Waals surface area contributed by atoms with Crippen molar-refractivity contribution in [3.05, 3.63) is 26.7 Å². The molecular formula is C11H11BrCl2N2O. The lowest BCUT2D eigenvalue weighted by Crippen LogP contribution is -2.43. The monoisotopic (exact) mass is 336 g/mol. The molecule has 17 heavy (non-hydrogen) atoms. The molecule has 0 saturated carbocycles. The van der Waals surface area contributed by atoms with Gasteiger partial charge in [-0.1, -0.05) is 39.1 Å². The van der Waals surface area contributed by atoms with Crippen molar-refractivity contribution in [2.24, 2.45) is 5.92 Å². The third-order valence-corrected chi connectivity index (χ3v) is 3.67. The third-order valence-electron chi connectivity index (χ3n) is 2.61. The zero-order valence-electron chi connectivity index (χ0n) is 8.90. The van der Waals surface area contributed by atoms with Crippen molar-refractivity contribution in [2.45, 2.75) is 6.42 Å². The van der Waals surface area contributed by atoms with E-state index < -0.39 is 0 Å². The Balaban J connectivity index is 2.04. The van der Waals surface area contributed by atoms with Crippen molar-refractivity contribution < 1.29 is 4.79 Å². The lowest BCUT2D eigenvalue weighted by molar-refractivity contribution is -0.117. The molecule has 1 amide bonds. The first kappa shape index (κ1) is 13.1. The topological polar surface area (TPSA) is 41.1 Å². The van der Waals surface area contributed by atoms with Crippen LogP contribution in [-0.4, -0.2) is 19.0 Å². The molecule has 0 atom stereocenters. The molecule has 0 aromatic heterocycles. The normalized spacial score (nSPS) is 15.5. The lowest BCUT2D eigenvalue weighted by Gasteiger charge is -2.26. The van der Waals surface area contributed by atoms with Crippen LogP contribution in [0.3, 0.4) is 0 Å². The molecule has 92 valence electrons. The van der Waals surface area contributed by atoms with Crippen LogP contribution in [-0.2, 0) is 4.79 Å². The van der Waals surface area contributed by atoms with E-state index >= 15 is 0 Å². The average Bonchev–Trinajstić information content (AvgIpc) is 2.17. The smallest absolute Gasteiger partial charge is 0.224 e. The van der Waals surface area contributed by atoms with Gasteiger partial charge in [-0.05, 0) is 31.1 Å². The SMILES string of the molecule is O=C(CC1CNC1)Nc1c(Cl)cc(Br)cc1Cl. The van der Waals surface area contributed by atoms with Gasteiger partial charge in [0.2, 0.25) is 5.91 Å².